The average molecular weight is 236 g/mol. The van der Waals surface area contributed by atoms with Gasteiger partial charge in [-0.15, -0.1) is 0 Å². The molecule has 3 heteroatoms. The highest BCUT2D eigenvalue weighted by molar-refractivity contribution is 5.74. The summed E-state index contributed by atoms with van der Waals surface area (Å²) in [5.74, 6) is -0.278. The number of hydrogen-bond acceptors (Lipinski definition) is 3. The molecule has 17 heavy (non-hydrogen) atoms. The number of aryl methyl sites for hydroxylation is 1. The molecule has 0 fully saturated rings. The van der Waals surface area contributed by atoms with Crippen molar-refractivity contribution in [2.24, 2.45) is 0 Å². The van der Waals surface area contributed by atoms with Crippen molar-refractivity contribution in [2.75, 3.05) is 13.2 Å². The van der Waals surface area contributed by atoms with Crippen LogP contribution in [0.1, 0.15) is 25.8 Å². The van der Waals surface area contributed by atoms with Gasteiger partial charge in [-0.25, -0.2) is 4.79 Å². The van der Waals surface area contributed by atoms with Crippen molar-refractivity contribution in [3.63, 3.8) is 0 Å². The smallest absolute Gasteiger partial charge is 0.334 e. The lowest BCUT2D eigenvalue weighted by atomic mass is 10.1. The van der Waals surface area contributed by atoms with Gasteiger partial charge in [0.05, 0.1) is 6.61 Å². The minimum Gasteiger partial charge on any atom is -0.464 e. The summed E-state index contributed by atoms with van der Waals surface area (Å²) in [5.41, 5.74) is 1.27. The lowest BCUT2D eigenvalue weighted by Gasteiger charge is -2.11. The lowest BCUT2D eigenvalue weighted by molar-refractivity contribution is -0.155. The van der Waals surface area contributed by atoms with Gasteiger partial charge in [0, 0.05) is 6.61 Å². The minimum absolute atomic E-state index is 0.278. The van der Waals surface area contributed by atoms with E-state index in [9.17, 15) is 4.79 Å². The molecule has 0 heterocycles. The molecule has 0 radical (unpaired) electrons. The van der Waals surface area contributed by atoms with Crippen molar-refractivity contribution in [3.8, 4) is 0 Å². The molecule has 0 aromatic heterocycles. The fourth-order valence-electron chi connectivity index (χ4n) is 1.53. The molecule has 1 unspecified atom stereocenters. The Morgan fingerprint density at radius 3 is 2.65 bits per heavy atom. The van der Waals surface area contributed by atoms with Crippen LogP contribution >= 0.6 is 0 Å². The van der Waals surface area contributed by atoms with E-state index in [0.717, 1.165) is 12.8 Å². The second-order valence-electron chi connectivity index (χ2n) is 3.85. The third-order valence-electron chi connectivity index (χ3n) is 2.45. The Hall–Kier alpha value is -1.35. The Morgan fingerprint density at radius 2 is 2.00 bits per heavy atom. The largest absolute Gasteiger partial charge is 0.464 e. The number of carbonyl (C=O) groups is 1. The topological polar surface area (TPSA) is 35.5 Å². The molecule has 1 aromatic rings. The maximum atomic E-state index is 11.4. The van der Waals surface area contributed by atoms with E-state index in [1.165, 1.54) is 5.56 Å². The van der Waals surface area contributed by atoms with Crippen molar-refractivity contribution >= 4 is 5.97 Å². The molecule has 1 rings (SSSR count). The van der Waals surface area contributed by atoms with E-state index >= 15 is 0 Å². The summed E-state index contributed by atoms with van der Waals surface area (Å²) in [6, 6.07) is 10.2. The number of ether oxygens (including phenoxy) is 2. The zero-order valence-corrected chi connectivity index (χ0v) is 10.5. The van der Waals surface area contributed by atoms with Crippen LogP contribution in [0.5, 0.6) is 0 Å². The maximum Gasteiger partial charge on any atom is 0.334 e. The van der Waals surface area contributed by atoms with Gasteiger partial charge in [-0.05, 0) is 32.3 Å². The van der Waals surface area contributed by atoms with Crippen molar-refractivity contribution in [1.29, 1.82) is 0 Å². The molecule has 3 nitrogen and oxygen atoms in total. The predicted molar refractivity (Wildman–Crippen MR) is 66.8 cm³/mol. The Bertz CT molecular complexity index is 321. The third-order valence-corrected chi connectivity index (χ3v) is 2.45. The summed E-state index contributed by atoms with van der Waals surface area (Å²) < 4.78 is 10.3. The van der Waals surface area contributed by atoms with Crippen LogP contribution in [-0.2, 0) is 20.7 Å². The van der Waals surface area contributed by atoms with Crippen molar-refractivity contribution in [3.05, 3.63) is 35.9 Å². The zero-order valence-electron chi connectivity index (χ0n) is 10.5. The molecule has 0 bridgehead atoms. The summed E-state index contributed by atoms with van der Waals surface area (Å²) in [6.07, 6.45) is 1.31. The van der Waals surface area contributed by atoms with Crippen LogP contribution in [0.3, 0.4) is 0 Å². The van der Waals surface area contributed by atoms with E-state index in [0.29, 0.717) is 13.2 Å². The summed E-state index contributed by atoms with van der Waals surface area (Å²) in [6.45, 7) is 4.55. The SMILES string of the molecule is CCOC(C)C(=O)OCCCc1ccccc1. The molecular formula is C14H20O3. The van der Waals surface area contributed by atoms with Crippen LogP contribution < -0.4 is 0 Å². The molecule has 0 aliphatic heterocycles. The van der Waals surface area contributed by atoms with Gasteiger partial charge in [-0.2, -0.15) is 0 Å². The zero-order chi connectivity index (χ0) is 12.5. The van der Waals surface area contributed by atoms with Crippen LogP contribution in [0, 0.1) is 0 Å². The van der Waals surface area contributed by atoms with E-state index in [1.54, 1.807) is 6.92 Å². The molecule has 0 spiro atoms. The van der Waals surface area contributed by atoms with Gasteiger partial charge < -0.3 is 9.47 Å². The molecule has 0 amide bonds. The monoisotopic (exact) mass is 236 g/mol. The lowest BCUT2D eigenvalue weighted by Crippen LogP contribution is -2.23. The first-order chi connectivity index (χ1) is 8.24. The normalized spacial score (nSPS) is 12.1. The van der Waals surface area contributed by atoms with Gasteiger partial charge in [-0.3, -0.25) is 0 Å². The molecule has 94 valence electrons. The van der Waals surface area contributed by atoms with Crippen LogP contribution in [-0.4, -0.2) is 25.3 Å². The molecule has 0 aliphatic rings. The highest BCUT2D eigenvalue weighted by Crippen LogP contribution is 2.03. The van der Waals surface area contributed by atoms with Crippen LogP contribution in [0.4, 0.5) is 0 Å². The van der Waals surface area contributed by atoms with Crippen LogP contribution in [0.25, 0.3) is 0 Å². The average Bonchev–Trinajstić information content (AvgIpc) is 2.36. The summed E-state index contributed by atoms with van der Waals surface area (Å²) in [7, 11) is 0. The molecule has 0 aliphatic carbocycles. The number of rotatable bonds is 7. The first-order valence-corrected chi connectivity index (χ1v) is 6.06. The maximum absolute atomic E-state index is 11.4. The highest BCUT2D eigenvalue weighted by Gasteiger charge is 2.13. The van der Waals surface area contributed by atoms with Crippen molar-refractivity contribution < 1.29 is 14.3 Å². The standard InChI is InChI=1S/C14H20O3/c1-3-16-12(2)14(15)17-11-7-10-13-8-5-4-6-9-13/h4-6,8-9,12H,3,7,10-11H2,1-2H3. The third kappa shape index (κ3) is 5.50. The minimum atomic E-state index is -0.461. The summed E-state index contributed by atoms with van der Waals surface area (Å²) in [4.78, 5) is 11.4. The second-order valence-corrected chi connectivity index (χ2v) is 3.85. The molecule has 1 aromatic carbocycles. The van der Waals surface area contributed by atoms with E-state index in [4.69, 9.17) is 9.47 Å². The second kappa shape index (κ2) is 7.85. The fourth-order valence-corrected chi connectivity index (χ4v) is 1.53. The van der Waals surface area contributed by atoms with E-state index in [1.807, 2.05) is 25.1 Å². The first kappa shape index (κ1) is 13.7. The van der Waals surface area contributed by atoms with Gasteiger partial charge in [0.1, 0.15) is 0 Å². The van der Waals surface area contributed by atoms with Crippen molar-refractivity contribution in [2.45, 2.75) is 32.8 Å². The number of hydrogen-bond donors (Lipinski definition) is 0. The Balaban J connectivity index is 2.14. The Morgan fingerprint density at radius 1 is 1.29 bits per heavy atom. The van der Waals surface area contributed by atoms with Gasteiger partial charge in [0.2, 0.25) is 0 Å². The van der Waals surface area contributed by atoms with E-state index in [-0.39, 0.29) is 5.97 Å². The quantitative estimate of drug-likeness (QED) is 0.539. The van der Waals surface area contributed by atoms with E-state index < -0.39 is 6.10 Å². The highest BCUT2D eigenvalue weighted by atomic mass is 16.6. The van der Waals surface area contributed by atoms with E-state index in [2.05, 4.69) is 12.1 Å². The molecule has 0 saturated heterocycles. The Kier molecular flexibility index (Phi) is 6.33. The van der Waals surface area contributed by atoms with Crippen LogP contribution in [0.15, 0.2) is 30.3 Å². The van der Waals surface area contributed by atoms with Gasteiger partial charge in [0.25, 0.3) is 0 Å². The first-order valence-electron chi connectivity index (χ1n) is 6.06. The predicted octanol–water partition coefficient (Wildman–Crippen LogP) is 2.59. The van der Waals surface area contributed by atoms with Crippen LogP contribution in [0.2, 0.25) is 0 Å². The van der Waals surface area contributed by atoms with Gasteiger partial charge >= 0.3 is 5.97 Å². The van der Waals surface area contributed by atoms with Gasteiger partial charge in [-0.1, -0.05) is 30.3 Å². The van der Waals surface area contributed by atoms with Crippen molar-refractivity contribution in [1.82, 2.24) is 0 Å². The number of esters is 1. The molecule has 1 atom stereocenters. The fraction of sp³-hybridized carbons (Fsp3) is 0.500. The number of benzene rings is 1. The van der Waals surface area contributed by atoms with Gasteiger partial charge in [0.15, 0.2) is 6.10 Å². The Labute approximate surface area is 103 Å². The number of carbonyl (C=O) groups excluding carboxylic acids is 1. The summed E-state index contributed by atoms with van der Waals surface area (Å²) in [5, 5.41) is 0. The molecular weight excluding hydrogens is 216 g/mol. The molecule has 0 N–H and O–H groups in total. The molecule has 0 saturated carbocycles. The summed E-state index contributed by atoms with van der Waals surface area (Å²) >= 11 is 0.